The zero-order valence-corrected chi connectivity index (χ0v) is 8.37. The second kappa shape index (κ2) is 2.90. The minimum Gasteiger partial charge on any atom is -0.333 e. The lowest BCUT2D eigenvalue weighted by Gasteiger charge is -1.98. The molecular formula is C9H9BrN2. The van der Waals surface area contributed by atoms with Gasteiger partial charge in [-0.3, -0.25) is 0 Å². The molecule has 2 nitrogen and oxygen atoms in total. The number of pyridine rings is 1. The average Bonchev–Trinajstić information content (AvgIpc) is 2.46. The summed E-state index contributed by atoms with van der Waals surface area (Å²) in [6.07, 6.45) is 2.06. The van der Waals surface area contributed by atoms with Crippen LogP contribution in [0.25, 0.3) is 11.0 Å². The van der Waals surface area contributed by atoms with Crippen LogP contribution in [0.15, 0.2) is 29.0 Å². The molecule has 0 aliphatic carbocycles. The first-order chi connectivity index (χ1) is 5.81. The number of halogens is 1. The van der Waals surface area contributed by atoms with Gasteiger partial charge in [-0.05, 0) is 41.1 Å². The number of rotatable bonds is 1. The van der Waals surface area contributed by atoms with Gasteiger partial charge in [-0.1, -0.05) is 0 Å². The van der Waals surface area contributed by atoms with Gasteiger partial charge in [0.05, 0.1) is 0 Å². The van der Waals surface area contributed by atoms with E-state index in [1.54, 1.807) is 0 Å². The fraction of sp³-hybridized carbons (Fsp3) is 0.222. The molecule has 0 aliphatic heterocycles. The summed E-state index contributed by atoms with van der Waals surface area (Å²) in [5.74, 6) is 0. The molecule has 0 aliphatic rings. The Bertz CT molecular complexity index is 406. The summed E-state index contributed by atoms with van der Waals surface area (Å²) in [4.78, 5) is 4.39. The summed E-state index contributed by atoms with van der Waals surface area (Å²) >= 11 is 3.36. The third kappa shape index (κ3) is 1.14. The summed E-state index contributed by atoms with van der Waals surface area (Å²) in [7, 11) is 0. The smallest absolute Gasteiger partial charge is 0.141 e. The van der Waals surface area contributed by atoms with Gasteiger partial charge in [-0.2, -0.15) is 0 Å². The normalized spacial score (nSPS) is 10.8. The van der Waals surface area contributed by atoms with Crippen LogP contribution in [0.5, 0.6) is 0 Å². The Labute approximate surface area is 79.3 Å². The van der Waals surface area contributed by atoms with Crippen molar-refractivity contribution in [3.05, 3.63) is 29.0 Å². The van der Waals surface area contributed by atoms with Crippen LogP contribution in [-0.4, -0.2) is 9.55 Å². The molecule has 0 spiro atoms. The largest absolute Gasteiger partial charge is 0.333 e. The molecule has 0 bridgehead atoms. The second-order valence-electron chi connectivity index (χ2n) is 2.65. The van der Waals surface area contributed by atoms with Crippen molar-refractivity contribution in [3.8, 4) is 0 Å². The molecule has 12 heavy (non-hydrogen) atoms. The lowest BCUT2D eigenvalue weighted by Crippen LogP contribution is -1.92. The molecule has 0 saturated heterocycles. The Morgan fingerprint density at radius 3 is 3.00 bits per heavy atom. The quantitative estimate of drug-likeness (QED) is 0.682. The third-order valence-electron chi connectivity index (χ3n) is 1.92. The molecule has 0 amide bonds. The van der Waals surface area contributed by atoms with Gasteiger partial charge in [-0.25, -0.2) is 4.98 Å². The maximum Gasteiger partial charge on any atom is 0.141 e. The van der Waals surface area contributed by atoms with E-state index in [1.807, 2.05) is 6.07 Å². The van der Waals surface area contributed by atoms with Crippen LogP contribution in [0.4, 0.5) is 0 Å². The van der Waals surface area contributed by atoms with E-state index in [-0.39, 0.29) is 0 Å². The molecule has 3 heteroatoms. The number of nitrogens with zero attached hydrogens (tertiary/aromatic N) is 2. The molecule has 62 valence electrons. The van der Waals surface area contributed by atoms with E-state index >= 15 is 0 Å². The van der Waals surface area contributed by atoms with Crippen molar-refractivity contribution < 1.29 is 0 Å². The van der Waals surface area contributed by atoms with Gasteiger partial charge >= 0.3 is 0 Å². The van der Waals surface area contributed by atoms with Gasteiger partial charge in [-0.15, -0.1) is 0 Å². The molecule has 0 N–H and O–H groups in total. The molecule has 0 saturated carbocycles. The summed E-state index contributed by atoms with van der Waals surface area (Å²) in [6, 6.07) is 6.11. The predicted octanol–water partition coefficient (Wildman–Crippen LogP) is 2.82. The standard InChI is InChI=1S/C9H9BrN2/c1-2-12-6-5-7-3-4-8(10)11-9(7)12/h3-6H,2H2,1H3. The first-order valence-electron chi connectivity index (χ1n) is 3.92. The van der Waals surface area contributed by atoms with Crippen LogP contribution in [0.2, 0.25) is 0 Å². The minimum atomic E-state index is 0.892. The van der Waals surface area contributed by atoms with Gasteiger partial charge in [0.1, 0.15) is 10.3 Å². The van der Waals surface area contributed by atoms with Crippen LogP contribution in [0.1, 0.15) is 6.92 Å². The van der Waals surface area contributed by atoms with Crippen LogP contribution >= 0.6 is 15.9 Å². The minimum absolute atomic E-state index is 0.892. The number of hydrogen-bond acceptors (Lipinski definition) is 1. The zero-order valence-electron chi connectivity index (χ0n) is 6.79. The lowest BCUT2D eigenvalue weighted by molar-refractivity contribution is 0.787. The summed E-state index contributed by atoms with van der Waals surface area (Å²) in [5.41, 5.74) is 1.05. The van der Waals surface area contributed by atoms with Gasteiger partial charge in [0.2, 0.25) is 0 Å². The van der Waals surface area contributed by atoms with Crippen molar-refractivity contribution in [1.82, 2.24) is 9.55 Å². The Morgan fingerprint density at radius 2 is 2.25 bits per heavy atom. The Balaban J connectivity index is 2.75. The number of fused-ring (bicyclic) bond motifs is 1. The molecule has 2 rings (SSSR count). The van der Waals surface area contributed by atoms with Gasteiger partial charge in [0.25, 0.3) is 0 Å². The van der Waals surface area contributed by atoms with Crippen molar-refractivity contribution in [3.63, 3.8) is 0 Å². The molecule has 0 radical (unpaired) electrons. The highest BCUT2D eigenvalue weighted by Crippen LogP contribution is 2.16. The van der Waals surface area contributed by atoms with Crippen LogP contribution in [0, 0.1) is 0 Å². The molecule has 2 aromatic rings. The van der Waals surface area contributed by atoms with Crippen LogP contribution < -0.4 is 0 Å². The van der Waals surface area contributed by atoms with Gasteiger partial charge in [0.15, 0.2) is 0 Å². The fourth-order valence-electron chi connectivity index (χ4n) is 1.29. The number of aryl methyl sites for hydroxylation is 1. The zero-order chi connectivity index (χ0) is 8.55. The average molecular weight is 225 g/mol. The van der Waals surface area contributed by atoms with E-state index < -0.39 is 0 Å². The van der Waals surface area contributed by atoms with Crippen molar-refractivity contribution >= 4 is 27.0 Å². The molecule has 0 unspecified atom stereocenters. The van der Waals surface area contributed by atoms with E-state index in [1.165, 1.54) is 5.39 Å². The van der Waals surface area contributed by atoms with Crippen molar-refractivity contribution in [2.45, 2.75) is 13.5 Å². The fourth-order valence-corrected chi connectivity index (χ4v) is 1.59. The van der Waals surface area contributed by atoms with E-state index in [0.717, 1.165) is 16.8 Å². The van der Waals surface area contributed by atoms with E-state index in [2.05, 4.69) is 50.7 Å². The maximum absolute atomic E-state index is 4.39. The summed E-state index contributed by atoms with van der Waals surface area (Å²) < 4.78 is 3.02. The topological polar surface area (TPSA) is 17.8 Å². The van der Waals surface area contributed by atoms with Crippen molar-refractivity contribution in [2.75, 3.05) is 0 Å². The molecule has 2 heterocycles. The molecule has 0 atom stereocenters. The first-order valence-corrected chi connectivity index (χ1v) is 4.72. The number of hydrogen-bond donors (Lipinski definition) is 0. The Kier molecular flexibility index (Phi) is 1.89. The summed E-state index contributed by atoms with van der Waals surface area (Å²) in [6.45, 7) is 3.08. The van der Waals surface area contributed by atoms with Gasteiger partial charge in [0, 0.05) is 18.1 Å². The van der Waals surface area contributed by atoms with Crippen LogP contribution in [0.3, 0.4) is 0 Å². The van der Waals surface area contributed by atoms with Crippen molar-refractivity contribution in [2.24, 2.45) is 0 Å². The molecular weight excluding hydrogens is 216 g/mol. The highest BCUT2D eigenvalue weighted by molar-refractivity contribution is 9.10. The maximum atomic E-state index is 4.39. The van der Waals surface area contributed by atoms with Crippen LogP contribution in [-0.2, 0) is 6.54 Å². The second-order valence-corrected chi connectivity index (χ2v) is 3.46. The molecule has 2 aromatic heterocycles. The predicted molar refractivity (Wildman–Crippen MR) is 53.1 cm³/mol. The van der Waals surface area contributed by atoms with E-state index in [9.17, 15) is 0 Å². The monoisotopic (exact) mass is 224 g/mol. The van der Waals surface area contributed by atoms with E-state index in [0.29, 0.717) is 0 Å². The lowest BCUT2D eigenvalue weighted by atomic mass is 10.3. The number of aromatic nitrogens is 2. The highest BCUT2D eigenvalue weighted by Gasteiger charge is 2.00. The third-order valence-corrected chi connectivity index (χ3v) is 2.36. The summed E-state index contributed by atoms with van der Waals surface area (Å²) in [5, 5.41) is 1.19. The first kappa shape index (κ1) is 7.80. The van der Waals surface area contributed by atoms with Crippen molar-refractivity contribution in [1.29, 1.82) is 0 Å². The Morgan fingerprint density at radius 1 is 1.42 bits per heavy atom. The molecule has 0 aromatic carbocycles. The van der Waals surface area contributed by atoms with E-state index in [4.69, 9.17) is 0 Å². The highest BCUT2D eigenvalue weighted by atomic mass is 79.9. The van der Waals surface area contributed by atoms with Gasteiger partial charge < -0.3 is 4.57 Å². The molecule has 0 fully saturated rings. The SMILES string of the molecule is CCn1ccc2ccc(Br)nc21. The Hall–Kier alpha value is -0.830.